The Kier molecular flexibility index (Phi) is 6.69. The van der Waals surface area contributed by atoms with Crippen molar-refractivity contribution in [3.63, 3.8) is 0 Å². The fourth-order valence-corrected chi connectivity index (χ4v) is 3.46. The SMILES string of the molecule is C=C(C)c1cc(Cl)cc(CC(=O)Nc2ccnc(C(N)=O)c2C(C)(C)C)c1OC. The van der Waals surface area contributed by atoms with Crippen LogP contribution in [0.5, 0.6) is 5.75 Å². The van der Waals surface area contributed by atoms with Gasteiger partial charge in [0.25, 0.3) is 5.91 Å². The lowest BCUT2D eigenvalue weighted by molar-refractivity contribution is -0.115. The molecule has 3 N–H and O–H groups in total. The zero-order valence-corrected chi connectivity index (χ0v) is 18.1. The number of nitrogens with two attached hydrogens (primary N) is 1. The van der Waals surface area contributed by atoms with Gasteiger partial charge in [0.15, 0.2) is 0 Å². The summed E-state index contributed by atoms with van der Waals surface area (Å²) in [5.41, 5.74) is 8.40. The lowest BCUT2D eigenvalue weighted by Gasteiger charge is -2.24. The Morgan fingerprint density at radius 3 is 2.48 bits per heavy atom. The van der Waals surface area contributed by atoms with Gasteiger partial charge in [-0.3, -0.25) is 14.6 Å². The van der Waals surface area contributed by atoms with E-state index in [1.807, 2.05) is 27.7 Å². The van der Waals surface area contributed by atoms with E-state index in [4.69, 9.17) is 22.1 Å². The van der Waals surface area contributed by atoms with Crippen molar-refractivity contribution in [2.75, 3.05) is 12.4 Å². The fraction of sp³-hybridized carbons (Fsp3) is 0.318. The molecular formula is C22H26ClN3O3. The van der Waals surface area contributed by atoms with Crippen molar-refractivity contribution in [3.05, 3.63) is 58.4 Å². The summed E-state index contributed by atoms with van der Waals surface area (Å²) in [5, 5.41) is 3.36. The van der Waals surface area contributed by atoms with E-state index in [9.17, 15) is 9.59 Å². The topological polar surface area (TPSA) is 94.3 Å². The van der Waals surface area contributed by atoms with E-state index in [2.05, 4.69) is 16.9 Å². The van der Waals surface area contributed by atoms with Crippen molar-refractivity contribution in [1.29, 1.82) is 0 Å². The summed E-state index contributed by atoms with van der Waals surface area (Å²) in [6.45, 7) is 11.5. The van der Waals surface area contributed by atoms with Crippen LogP contribution in [0.1, 0.15) is 54.9 Å². The van der Waals surface area contributed by atoms with Gasteiger partial charge in [-0.25, -0.2) is 0 Å². The van der Waals surface area contributed by atoms with Crippen molar-refractivity contribution in [2.45, 2.75) is 39.5 Å². The number of anilines is 1. The second kappa shape index (κ2) is 8.66. The van der Waals surface area contributed by atoms with Gasteiger partial charge in [-0.1, -0.05) is 39.0 Å². The summed E-state index contributed by atoms with van der Waals surface area (Å²) < 4.78 is 5.50. The number of hydrogen-bond acceptors (Lipinski definition) is 4. The molecule has 0 atom stereocenters. The molecule has 0 saturated carbocycles. The maximum atomic E-state index is 12.8. The zero-order valence-electron chi connectivity index (χ0n) is 17.4. The van der Waals surface area contributed by atoms with Crippen LogP contribution in [0.4, 0.5) is 5.69 Å². The third kappa shape index (κ3) is 5.15. The summed E-state index contributed by atoms with van der Waals surface area (Å²) in [7, 11) is 1.54. The molecule has 0 bridgehead atoms. The number of nitrogens with one attached hydrogen (secondary N) is 1. The molecule has 0 radical (unpaired) electrons. The number of aromatic nitrogens is 1. The second-order valence-electron chi connectivity index (χ2n) is 7.85. The Bertz CT molecular complexity index is 978. The Balaban J connectivity index is 2.42. The summed E-state index contributed by atoms with van der Waals surface area (Å²) in [6, 6.07) is 5.10. The molecule has 2 rings (SSSR count). The van der Waals surface area contributed by atoms with E-state index in [1.165, 1.54) is 13.3 Å². The van der Waals surface area contributed by atoms with Crippen molar-refractivity contribution < 1.29 is 14.3 Å². The van der Waals surface area contributed by atoms with Gasteiger partial charge in [0.1, 0.15) is 11.4 Å². The van der Waals surface area contributed by atoms with Crippen LogP contribution in [-0.2, 0) is 16.6 Å². The van der Waals surface area contributed by atoms with Gasteiger partial charge in [-0.15, -0.1) is 0 Å². The summed E-state index contributed by atoms with van der Waals surface area (Å²) in [4.78, 5) is 28.8. The van der Waals surface area contributed by atoms with Gasteiger partial charge in [0, 0.05) is 33.6 Å². The molecule has 0 fully saturated rings. The van der Waals surface area contributed by atoms with Crippen LogP contribution < -0.4 is 15.8 Å². The predicted octanol–water partition coefficient (Wildman–Crippen LogP) is 4.35. The summed E-state index contributed by atoms with van der Waals surface area (Å²) in [6.07, 6.45) is 1.48. The standard InChI is InChI=1S/C22H26ClN3O3/c1-12(2)15-11-14(23)9-13(20(15)29-6)10-17(27)26-16-7-8-25-19(21(24)28)18(16)22(3,4)5/h7-9,11H,1,10H2,2-6H3,(H2,24,28)(H,25,26,27). The highest BCUT2D eigenvalue weighted by Gasteiger charge is 2.26. The van der Waals surface area contributed by atoms with Gasteiger partial charge in [0.05, 0.1) is 13.5 Å². The molecule has 0 unspecified atom stereocenters. The Morgan fingerprint density at radius 2 is 1.97 bits per heavy atom. The molecule has 154 valence electrons. The molecule has 2 amide bonds. The number of primary amides is 1. The number of carbonyl (C=O) groups is 2. The van der Waals surface area contributed by atoms with E-state index in [1.54, 1.807) is 18.2 Å². The van der Waals surface area contributed by atoms with E-state index in [0.29, 0.717) is 27.6 Å². The molecule has 1 aromatic heterocycles. The molecule has 0 aliphatic heterocycles. The molecule has 7 heteroatoms. The molecule has 1 aromatic carbocycles. The highest BCUT2D eigenvalue weighted by Crippen LogP contribution is 2.34. The van der Waals surface area contributed by atoms with Crippen molar-refractivity contribution in [3.8, 4) is 5.75 Å². The van der Waals surface area contributed by atoms with Gasteiger partial charge in [0.2, 0.25) is 5.91 Å². The molecule has 2 aromatic rings. The number of allylic oxidation sites excluding steroid dienone is 1. The number of rotatable bonds is 6. The van der Waals surface area contributed by atoms with Crippen LogP contribution in [0.2, 0.25) is 5.02 Å². The van der Waals surface area contributed by atoms with E-state index < -0.39 is 11.3 Å². The van der Waals surface area contributed by atoms with Crippen LogP contribution in [0.15, 0.2) is 31.0 Å². The largest absolute Gasteiger partial charge is 0.496 e. The van der Waals surface area contributed by atoms with Gasteiger partial charge in [-0.05, 0) is 36.1 Å². The van der Waals surface area contributed by atoms with Crippen molar-refractivity contribution >= 4 is 34.7 Å². The van der Waals surface area contributed by atoms with Crippen LogP contribution in [-0.4, -0.2) is 23.9 Å². The molecule has 29 heavy (non-hydrogen) atoms. The van der Waals surface area contributed by atoms with E-state index >= 15 is 0 Å². The highest BCUT2D eigenvalue weighted by atomic mass is 35.5. The number of halogens is 1. The van der Waals surface area contributed by atoms with E-state index in [0.717, 1.165) is 11.1 Å². The van der Waals surface area contributed by atoms with Gasteiger partial charge >= 0.3 is 0 Å². The number of benzene rings is 1. The minimum atomic E-state index is -0.645. The number of carbonyl (C=O) groups excluding carboxylic acids is 2. The molecule has 1 heterocycles. The monoisotopic (exact) mass is 415 g/mol. The maximum absolute atomic E-state index is 12.8. The molecule has 0 aliphatic rings. The highest BCUT2D eigenvalue weighted by molar-refractivity contribution is 6.31. The number of methoxy groups -OCH3 is 1. The third-order valence-electron chi connectivity index (χ3n) is 4.35. The van der Waals surface area contributed by atoms with Crippen LogP contribution in [0, 0.1) is 0 Å². The summed E-state index contributed by atoms with van der Waals surface area (Å²) in [5.74, 6) is -0.375. The minimum Gasteiger partial charge on any atom is -0.496 e. The Morgan fingerprint density at radius 1 is 1.31 bits per heavy atom. The first-order valence-electron chi connectivity index (χ1n) is 9.07. The molecule has 0 saturated heterocycles. The van der Waals surface area contributed by atoms with Gasteiger partial charge < -0.3 is 15.8 Å². The molecule has 6 nitrogen and oxygen atoms in total. The lowest BCUT2D eigenvalue weighted by Crippen LogP contribution is -2.26. The number of pyridine rings is 1. The smallest absolute Gasteiger partial charge is 0.267 e. The third-order valence-corrected chi connectivity index (χ3v) is 4.57. The zero-order chi connectivity index (χ0) is 21.9. The van der Waals surface area contributed by atoms with Gasteiger partial charge in [-0.2, -0.15) is 0 Å². The number of nitrogens with zero attached hydrogens (tertiary/aromatic N) is 1. The number of amides is 2. The first-order valence-corrected chi connectivity index (χ1v) is 9.45. The maximum Gasteiger partial charge on any atom is 0.267 e. The second-order valence-corrected chi connectivity index (χ2v) is 8.28. The fourth-order valence-electron chi connectivity index (χ4n) is 3.22. The first kappa shape index (κ1) is 22.4. The lowest BCUT2D eigenvalue weighted by atomic mass is 9.84. The Hall–Kier alpha value is -2.86. The quantitative estimate of drug-likeness (QED) is 0.733. The van der Waals surface area contributed by atoms with Crippen molar-refractivity contribution in [1.82, 2.24) is 4.98 Å². The Labute approximate surface area is 176 Å². The van der Waals surface area contributed by atoms with Crippen LogP contribution in [0.25, 0.3) is 5.57 Å². The average Bonchev–Trinajstić information content (AvgIpc) is 2.59. The minimum absolute atomic E-state index is 0.0296. The first-order chi connectivity index (χ1) is 13.5. The van der Waals surface area contributed by atoms with Crippen molar-refractivity contribution in [2.24, 2.45) is 5.73 Å². The number of hydrogen-bond donors (Lipinski definition) is 2. The normalized spacial score (nSPS) is 11.1. The van der Waals surface area contributed by atoms with E-state index in [-0.39, 0.29) is 18.0 Å². The summed E-state index contributed by atoms with van der Waals surface area (Å²) >= 11 is 6.22. The van der Waals surface area contributed by atoms with Crippen LogP contribution >= 0.6 is 11.6 Å². The van der Waals surface area contributed by atoms with Crippen LogP contribution in [0.3, 0.4) is 0 Å². The number of ether oxygens (including phenoxy) is 1. The molecular weight excluding hydrogens is 390 g/mol. The molecule has 0 spiro atoms. The predicted molar refractivity (Wildman–Crippen MR) is 117 cm³/mol. The average molecular weight is 416 g/mol. The molecule has 0 aliphatic carbocycles.